The summed E-state index contributed by atoms with van der Waals surface area (Å²) < 4.78 is 14.0. The van der Waals surface area contributed by atoms with Crippen LogP contribution in [0.3, 0.4) is 0 Å². The van der Waals surface area contributed by atoms with E-state index in [0.717, 1.165) is 46.5 Å². The van der Waals surface area contributed by atoms with Crippen LogP contribution < -0.4 is 9.47 Å². The van der Waals surface area contributed by atoms with Crippen molar-refractivity contribution in [3.63, 3.8) is 0 Å². The van der Waals surface area contributed by atoms with E-state index < -0.39 is 5.91 Å². The molecule has 3 aromatic carbocycles. The van der Waals surface area contributed by atoms with Crippen LogP contribution in [-0.4, -0.2) is 44.7 Å². The lowest BCUT2D eigenvalue weighted by molar-refractivity contribution is -0.114. The SMILES string of the molecule is Cc1ccc(OCCCn2cc(C=C3C(=N)N4N=C(COc5ccccc5C)SC4=NC3=O)c3ccccc32)cc1. The van der Waals surface area contributed by atoms with Crippen LogP contribution in [-0.2, 0) is 11.3 Å². The minimum atomic E-state index is -0.451. The van der Waals surface area contributed by atoms with E-state index in [1.165, 1.54) is 22.3 Å². The van der Waals surface area contributed by atoms with Gasteiger partial charge in [0.05, 0.1) is 12.2 Å². The zero-order chi connectivity index (χ0) is 28.3. The molecule has 9 heteroatoms. The quantitative estimate of drug-likeness (QED) is 0.187. The van der Waals surface area contributed by atoms with Crippen LogP contribution in [0.4, 0.5) is 0 Å². The molecular weight excluding hydrogens is 534 g/mol. The number of aromatic nitrogens is 1. The Hall–Kier alpha value is -4.63. The maximum Gasteiger partial charge on any atom is 0.283 e. The van der Waals surface area contributed by atoms with Crippen molar-refractivity contribution in [3.05, 3.63) is 101 Å². The van der Waals surface area contributed by atoms with Crippen LogP contribution in [0.15, 0.2) is 94.7 Å². The Kier molecular flexibility index (Phi) is 7.43. The number of amides is 1. The molecule has 41 heavy (non-hydrogen) atoms. The van der Waals surface area contributed by atoms with Crippen molar-refractivity contribution < 1.29 is 14.3 Å². The summed E-state index contributed by atoms with van der Waals surface area (Å²) in [6, 6.07) is 23.9. The van der Waals surface area contributed by atoms with Gasteiger partial charge in [-0.1, -0.05) is 54.1 Å². The van der Waals surface area contributed by atoms with E-state index in [9.17, 15) is 4.79 Å². The molecular formula is C32H29N5O3S. The summed E-state index contributed by atoms with van der Waals surface area (Å²) in [6.07, 6.45) is 4.58. The van der Waals surface area contributed by atoms with Crippen LogP contribution in [0.2, 0.25) is 0 Å². The molecule has 206 valence electrons. The molecule has 0 saturated heterocycles. The average Bonchev–Trinajstić information content (AvgIpc) is 3.55. The van der Waals surface area contributed by atoms with E-state index >= 15 is 0 Å². The zero-order valence-electron chi connectivity index (χ0n) is 22.8. The number of nitrogens with one attached hydrogen (secondary N) is 1. The molecule has 0 fully saturated rings. The Labute approximate surface area is 242 Å². The van der Waals surface area contributed by atoms with Crippen molar-refractivity contribution in [2.75, 3.05) is 13.2 Å². The Balaban J connectivity index is 1.18. The normalized spacial score (nSPS) is 15.8. The van der Waals surface area contributed by atoms with Gasteiger partial charge in [-0.15, -0.1) is 0 Å². The number of amidine groups is 2. The smallest absolute Gasteiger partial charge is 0.283 e. The van der Waals surface area contributed by atoms with Crippen LogP contribution in [0.1, 0.15) is 23.1 Å². The largest absolute Gasteiger partial charge is 0.494 e. The van der Waals surface area contributed by atoms with Crippen LogP contribution in [0.25, 0.3) is 17.0 Å². The Morgan fingerprint density at radius 1 is 0.976 bits per heavy atom. The first-order chi connectivity index (χ1) is 20.0. The number of rotatable bonds is 9. The van der Waals surface area contributed by atoms with E-state index in [1.54, 1.807) is 6.08 Å². The number of ether oxygens (including phenoxy) is 2. The summed E-state index contributed by atoms with van der Waals surface area (Å²) in [4.78, 5) is 17.3. The molecule has 0 aliphatic carbocycles. The van der Waals surface area contributed by atoms with Crippen molar-refractivity contribution in [1.82, 2.24) is 9.58 Å². The summed E-state index contributed by atoms with van der Waals surface area (Å²) in [5.74, 6) is 1.18. The second kappa shape index (κ2) is 11.5. The lowest BCUT2D eigenvalue weighted by Crippen LogP contribution is -2.35. The first-order valence-corrected chi connectivity index (χ1v) is 14.2. The Morgan fingerprint density at radius 3 is 2.59 bits per heavy atom. The summed E-state index contributed by atoms with van der Waals surface area (Å²) in [5.41, 5.74) is 4.33. The summed E-state index contributed by atoms with van der Waals surface area (Å²) in [5, 5.41) is 16.7. The van der Waals surface area contributed by atoms with E-state index in [0.29, 0.717) is 16.8 Å². The number of aliphatic imine (C=N–C) groups is 1. The fourth-order valence-electron chi connectivity index (χ4n) is 4.74. The van der Waals surface area contributed by atoms with Gasteiger partial charge >= 0.3 is 0 Å². The molecule has 0 unspecified atom stereocenters. The topological polar surface area (TPSA) is 92.3 Å². The maximum absolute atomic E-state index is 13.0. The molecule has 0 atom stereocenters. The lowest BCUT2D eigenvalue weighted by Gasteiger charge is -2.20. The van der Waals surface area contributed by atoms with Crippen molar-refractivity contribution in [1.29, 1.82) is 5.41 Å². The van der Waals surface area contributed by atoms with Gasteiger partial charge in [0.2, 0.25) is 5.17 Å². The number of hydrazone groups is 1. The molecule has 1 N–H and O–H groups in total. The second-order valence-corrected chi connectivity index (χ2v) is 10.9. The van der Waals surface area contributed by atoms with Crippen molar-refractivity contribution >= 4 is 50.7 Å². The molecule has 0 radical (unpaired) electrons. The highest BCUT2D eigenvalue weighted by atomic mass is 32.2. The molecule has 6 rings (SSSR count). The van der Waals surface area contributed by atoms with E-state index in [1.807, 2.05) is 79.9 Å². The van der Waals surface area contributed by atoms with Crippen molar-refractivity contribution in [3.8, 4) is 11.5 Å². The third-order valence-electron chi connectivity index (χ3n) is 6.89. The van der Waals surface area contributed by atoms with E-state index in [2.05, 4.69) is 27.7 Å². The van der Waals surface area contributed by atoms with Gasteiger partial charge in [0.25, 0.3) is 5.91 Å². The highest BCUT2D eigenvalue weighted by Crippen LogP contribution is 2.31. The molecule has 0 saturated carbocycles. The summed E-state index contributed by atoms with van der Waals surface area (Å²) in [7, 11) is 0. The van der Waals surface area contributed by atoms with Crippen LogP contribution in [0.5, 0.6) is 11.5 Å². The number of hydrogen-bond acceptors (Lipinski definition) is 6. The number of carbonyl (C=O) groups is 1. The standard InChI is InChI=1S/C32H29N5O3S/c1-21-12-14-24(15-13-21)39-17-7-16-36-19-23(25-9-4-5-10-27(25)36)18-26-30(33)37-32(34-31(26)38)41-29(35-37)20-40-28-11-6-3-8-22(28)2/h3-6,8-15,18-19,33H,7,16-17,20H2,1-2H3. The number of aryl methyl sites for hydroxylation is 3. The third kappa shape index (κ3) is 5.67. The van der Waals surface area contributed by atoms with Crippen LogP contribution >= 0.6 is 11.8 Å². The molecule has 2 aliphatic rings. The van der Waals surface area contributed by atoms with E-state index in [-0.39, 0.29) is 18.0 Å². The van der Waals surface area contributed by atoms with Gasteiger partial charge < -0.3 is 14.0 Å². The number of thioether (sulfide) groups is 1. The third-order valence-corrected chi connectivity index (χ3v) is 7.78. The molecule has 3 heterocycles. The lowest BCUT2D eigenvalue weighted by atomic mass is 10.1. The Morgan fingerprint density at radius 2 is 1.76 bits per heavy atom. The van der Waals surface area contributed by atoms with Gasteiger partial charge in [0.1, 0.15) is 23.1 Å². The molecule has 1 aromatic heterocycles. The average molecular weight is 564 g/mol. The summed E-state index contributed by atoms with van der Waals surface area (Å²) >= 11 is 1.25. The Bertz CT molecular complexity index is 1740. The van der Waals surface area contributed by atoms with E-state index in [4.69, 9.17) is 14.9 Å². The van der Waals surface area contributed by atoms with Gasteiger partial charge in [-0.2, -0.15) is 15.1 Å². The number of hydrogen-bond donors (Lipinski definition) is 1. The molecule has 0 spiro atoms. The van der Waals surface area contributed by atoms with Gasteiger partial charge in [0, 0.05) is 29.2 Å². The summed E-state index contributed by atoms with van der Waals surface area (Å²) in [6.45, 7) is 5.60. The number of para-hydroxylation sites is 2. The van der Waals surface area contributed by atoms with Gasteiger partial charge in [-0.05, 0) is 67.9 Å². The number of nitrogens with zero attached hydrogens (tertiary/aromatic N) is 4. The molecule has 4 aromatic rings. The van der Waals surface area contributed by atoms with Gasteiger partial charge in [0.15, 0.2) is 5.84 Å². The highest BCUT2D eigenvalue weighted by molar-refractivity contribution is 8.27. The number of benzene rings is 3. The fraction of sp³-hybridized carbons (Fsp3) is 0.188. The fourth-order valence-corrected chi connectivity index (χ4v) is 5.54. The minimum absolute atomic E-state index is 0.00159. The first-order valence-electron chi connectivity index (χ1n) is 13.4. The van der Waals surface area contributed by atoms with Gasteiger partial charge in [-0.25, -0.2) is 0 Å². The highest BCUT2D eigenvalue weighted by Gasteiger charge is 2.36. The molecule has 2 aliphatic heterocycles. The number of carbonyl (C=O) groups excluding carboxylic acids is 1. The predicted molar refractivity (Wildman–Crippen MR) is 165 cm³/mol. The zero-order valence-corrected chi connectivity index (χ0v) is 23.6. The molecule has 1 amide bonds. The monoisotopic (exact) mass is 563 g/mol. The number of fused-ring (bicyclic) bond motifs is 2. The van der Waals surface area contributed by atoms with Gasteiger partial charge in [-0.3, -0.25) is 10.2 Å². The predicted octanol–water partition coefficient (Wildman–Crippen LogP) is 6.43. The van der Waals surface area contributed by atoms with Crippen LogP contribution in [0, 0.1) is 19.3 Å². The van der Waals surface area contributed by atoms with Crippen molar-refractivity contribution in [2.45, 2.75) is 26.8 Å². The minimum Gasteiger partial charge on any atom is -0.494 e. The first kappa shape index (κ1) is 26.6. The van der Waals surface area contributed by atoms with Crippen molar-refractivity contribution in [2.24, 2.45) is 10.1 Å². The molecule has 8 nitrogen and oxygen atoms in total. The second-order valence-electron chi connectivity index (χ2n) is 9.88. The maximum atomic E-state index is 13.0. The molecule has 0 bridgehead atoms.